The van der Waals surface area contributed by atoms with E-state index in [1.807, 2.05) is 18.3 Å². The van der Waals surface area contributed by atoms with Gasteiger partial charge in [0.1, 0.15) is 0 Å². The first-order valence-electron chi connectivity index (χ1n) is 4.16. The van der Waals surface area contributed by atoms with Crippen molar-refractivity contribution in [1.29, 1.82) is 0 Å². The Morgan fingerprint density at radius 2 is 2.33 bits per heavy atom. The Kier molecular flexibility index (Phi) is 3.35. The summed E-state index contributed by atoms with van der Waals surface area (Å²) in [6.45, 7) is 4.19. The van der Waals surface area contributed by atoms with E-state index < -0.39 is 0 Å². The van der Waals surface area contributed by atoms with Crippen LogP contribution in [0.1, 0.15) is 19.4 Å². The van der Waals surface area contributed by atoms with Crippen molar-refractivity contribution in [3.8, 4) is 11.8 Å². The number of hydrogen-bond donors (Lipinski definition) is 0. The van der Waals surface area contributed by atoms with Gasteiger partial charge in [-0.1, -0.05) is 25.8 Å². The SMILES string of the molecule is CC(C)C#CCc1cccnc1. The number of nitrogens with zero attached hydrogens (tertiary/aromatic N) is 1. The van der Waals surface area contributed by atoms with Gasteiger partial charge in [-0.05, 0) is 11.6 Å². The Labute approximate surface area is 73.8 Å². The van der Waals surface area contributed by atoms with Gasteiger partial charge in [0, 0.05) is 24.7 Å². The smallest absolute Gasteiger partial charge is 0.0355 e. The molecule has 0 N–H and O–H groups in total. The van der Waals surface area contributed by atoms with Crippen molar-refractivity contribution in [3.05, 3.63) is 30.1 Å². The zero-order valence-electron chi connectivity index (χ0n) is 7.54. The second-order valence-corrected chi connectivity index (χ2v) is 3.01. The molecule has 12 heavy (non-hydrogen) atoms. The molecule has 1 heteroatoms. The van der Waals surface area contributed by atoms with Crippen molar-refractivity contribution >= 4 is 0 Å². The molecule has 0 amide bonds. The van der Waals surface area contributed by atoms with E-state index in [0.29, 0.717) is 5.92 Å². The van der Waals surface area contributed by atoms with Crippen LogP contribution in [0.3, 0.4) is 0 Å². The molecule has 1 aromatic heterocycles. The second-order valence-electron chi connectivity index (χ2n) is 3.01. The summed E-state index contributed by atoms with van der Waals surface area (Å²) in [6, 6.07) is 3.98. The third kappa shape index (κ3) is 3.21. The molecule has 1 nitrogen and oxygen atoms in total. The van der Waals surface area contributed by atoms with E-state index in [9.17, 15) is 0 Å². The summed E-state index contributed by atoms with van der Waals surface area (Å²) in [5.74, 6) is 6.69. The Morgan fingerprint density at radius 1 is 1.50 bits per heavy atom. The van der Waals surface area contributed by atoms with Crippen molar-refractivity contribution in [1.82, 2.24) is 4.98 Å². The molecule has 0 fully saturated rings. The predicted octanol–water partition coefficient (Wildman–Crippen LogP) is 2.28. The Bertz CT molecular complexity index is 277. The van der Waals surface area contributed by atoms with Gasteiger partial charge in [0.2, 0.25) is 0 Å². The van der Waals surface area contributed by atoms with E-state index in [1.54, 1.807) is 6.20 Å². The van der Waals surface area contributed by atoms with Crippen LogP contribution < -0.4 is 0 Å². The summed E-state index contributed by atoms with van der Waals surface area (Å²) < 4.78 is 0. The number of rotatable bonds is 1. The number of aromatic nitrogens is 1. The van der Waals surface area contributed by atoms with Gasteiger partial charge >= 0.3 is 0 Å². The van der Waals surface area contributed by atoms with Crippen LogP contribution in [0.4, 0.5) is 0 Å². The van der Waals surface area contributed by atoms with Gasteiger partial charge in [-0.3, -0.25) is 4.98 Å². The summed E-state index contributed by atoms with van der Waals surface area (Å²) in [5, 5.41) is 0. The van der Waals surface area contributed by atoms with Crippen molar-refractivity contribution in [2.75, 3.05) is 0 Å². The monoisotopic (exact) mass is 159 g/mol. The van der Waals surface area contributed by atoms with Crippen molar-refractivity contribution in [2.45, 2.75) is 20.3 Å². The maximum absolute atomic E-state index is 4.01. The predicted molar refractivity (Wildman–Crippen MR) is 50.6 cm³/mol. The fourth-order valence-corrected chi connectivity index (χ4v) is 0.860. The summed E-state index contributed by atoms with van der Waals surface area (Å²) in [4.78, 5) is 4.01. The van der Waals surface area contributed by atoms with E-state index >= 15 is 0 Å². The van der Waals surface area contributed by atoms with Gasteiger partial charge in [-0.2, -0.15) is 0 Å². The second kappa shape index (κ2) is 4.56. The highest BCUT2D eigenvalue weighted by Gasteiger charge is 1.86. The molecular weight excluding hydrogens is 146 g/mol. The Morgan fingerprint density at radius 3 is 2.92 bits per heavy atom. The molecule has 1 aromatic rings. The van der Waals surface area contributed by atoms with Crippen LogP contribution in [0.25, 0.3) is 0 Å². The minimum absolute atomic E-state index is 0.460. The summed E-state index contributed by atoms with van der Waals surface area (Å²) in [5.41, 5.74) is 1.19. The zero-order chi connectivity index (χ0) is 8.81. The van der Waals surface area contributed by atoms with Crippen LogP contribution in [-0.4, -0.2) is 4.98 Å². The van der Waals surface area contributed by atoms with Crippen LogP contribution in [0.5, 0.6) is 0 Å². The molecule has 0 saturated carbocycles. The Hall–Kier alpha value is -1.29. The maximum atomic E-state index is 4.01. The third-order valence-electron chi connectivity index (χ3n) is 1.41. The standard InChI is InChI=1S/C11H13N/c1-10(2)5-3-6-11-7-4-8-12-9-11/h4,7-10H,6H2,1-2H3. The first-order valence-corrected chi connectivity index (χ1v) is 4.16. The fraction of sp³-hybridized carbons (Fsp3) is 0.364. The molecule has 0 radical (unpaired) electrons. The lowest BCUT2D eigenvalue weighted by Crippen LogP contribution is -1.83. The van der Waals surface area contributed by atoms with Crippen molar-refractivity contribution < 1.29 is 0 Å². The van der Waals surface area contributed by atoms with E-state index in [1.165, 1.54) is 5.56 Å². The lowest BCUT2D eigenvalue weighted by atomic mass is 10.2. The molecule has 0 aromatic carbocycles. The average molecular weight is 159 g/mol. The molecule has 62 valence electrons. The quantitative estimate of drug-likeness (QED) is 0.573. The molecule has 1 rings (SSSR count). The molecule has 0 aliphatic heterocycles. The Balaban J connectivity index is 2.51. The normalized spacial score (nSPS) is 9.25. The van der Waals surface area contributed by atoms with Crippen LogP contribution in [0, 0.1) is 17.8 Å². The highest BCUT2D eigenvalue weighted by Crippen LogP contribution is 1.95. The van der Waals surface area contributed by atoms with Crippen molar-refractivity contribution in [2.24, 2.45) is 5.92 Å². The minimum Gasteiger partial charge on any atom is -0.264 e. The van der Waals surface area contributed by atoms with Gasteiger partial charge in [0.05, 0.1) is 0 Å². The molecule has 0 unspecified atom stereocenters. The highest BCUT2D eigenvalue weighted by molar-refractivity contribution is 5.17. The first kappa shape index (κ1) is 8.80. The fourth-order valence-electron chi connectivity index (χ4n) is 0.860. The highest BCUT2D eigenvalue weighted by atomic mass is 14.6. The molecule has 0 spiro atoms. The number of pyridine rings is 1. The lowest BCUT2D eigenvalue weighted by Gasteiger charge is -1.91. The molecule has 0 atom stereocenters. The molecular formula is C11H13N. The summed E-state index contributed by atoms with van der Waals surface area (Å²) in [6.07, 6.45) is 4.44. The largest absolute Gasteiger partial charge is 0.264 e. The van der Waals surface area contributed by atoms with E-state index in [-0.39, 0.29) is 0 Å². The minimum atomic E-state index is 0.460. The van der Waals surface area contributed by atoms with Gasteiger partial charge in [0.25, 0.3) is 0 Å². The van der Waals surface area contributed by atoms with Gasteiger partial charge in [-0.25, -0.2) is 0 Å². The summed E-state index contributed by atoms with van der Waals surface area (Å²) >= 11 is 0. The first-order chi connectivity index (χ1) is 5.79. The molecule has 0 aliphatic carbocycles. The lowest BCUT2D eigenvalue weighted by molar-refractivity contribution is 0.865. The summed E-state index contributed by atoms with van der Waals surface area (Å²) in [7, 11) is 0. The van der Waals surface area contributed by atoms with E-state index in [2.05, 4.69) is 30.7 Å². The van der Waals surface area contributed by atoms with Gasteiger partial charge in [-0.15, -0.1) is 5.92 Å². The molecule has 0 bridgehead atoms. The topological polar surface area (TPSA) is 12.9 Å². The van der Waals surface area contributed by atoms with Gasteiger partial charge < -0.3 is 0 Å². The van der Waals surface area contributed by atoms with Crippen LogP contribution in [0.15, 0.2) is 24.5 Å². The van der Waals surface area contributed by atoms with E-state index in [0.717, 1.165) is 6.42 Å². The van der Waals surface area contributed by atoms with Crippen LogP contribution >= 0.6 is 0 Å². The zero-order valence-corrected chi connectivity index (χ0v) is 7.54. The van der Waals surface area contributed by atoms with Crippen LogP contribution in [0.2, 0.25) is 0 Å². The maximum Gasteiger partial charge on any atom is 0.0355 e. The average Bonchev–Trinajstić information content (AvgIpc) is 2.05. The van der Waals surface area contributed by atoms with Crippen molar-refractivity contribution in [3.63, 3.8) is 0 Å². The van der Waals surface area contributed by atoms with Crippen LogP contribution in [-0.2, 0) is 6.42 Å². The number of hydrogen-bond acceptors (Lipinski definition) is 1. The third-order valence-corrected chi connectivity index (χ3v) is 1.41. The molecule has 0 aliphatic rings. The van der Waals surface area contributed by atoms with E-state index in [4.69, 9.17) is 0 Å². The van der Waals surface area contributed by atoms with Gasteiger partial charge in [0.15, 0.2) is 0 Å². The molecule has 1 heterocycles. The molecule has 0 saturated heterocycles.